The smallest absolute Gasteiger partial charge is 0.123 e. The van der Waals surface area contributed by atoms with Crippen LogP contribution >= 0.6 is 11.3 Å². The zero-order chi connectivity index (χ0) is 8.27. The molecule has 0 amide bonds. The summed E-state index contributed by atoms with van der Waals surface area (Å²) in [6.07, 6.45) is 3.85. The molecule has 1 aromatic rings. The summed E-state index contributed by atoms with van der Waals surface area (Å²) in [6, 6.07) is 0. The summed E-state index contributed by atoms with van der Waals surface area (Å²) in [5.74, 6) is 0. The van der Waals surface area contributed by atoms with Crippen molar-refractivity contribution in [2.75, 3.05) is 0 Å². The average molecular weight is 165 g/mol. The number of hydrogen-bond acceptors (Lipinski definition) is 2. The van der Waals surface area contributed by atoms with Crippen molar-refractivity contribution in [1.29, 1.82) is 0 Å². The highest BCUT2D eigenvalue weighted by Crippen LogP contribution is 2.19. The fourth-order valence-electron chi connectivity index (χ4n) is 0.815. The normalized spacial score (nSPS) is 11.6. The maximum Gasteiger partial charge on any atom is 0.123 e. The predicted octanol–water partition coefficient (Wildman–Crippen LogP) is 3.04. The van der Waals surface area contributed by atoms with Gasteiger partial charge < -0.3 is 0 Å². The molecule has 0 fully saturated rings. The van der Waals surface area contributed by atoms with Crippen molar-refractivity contribution in [1.82, 2.24) is 4.98 Å². The number of aryl methyl sites for hydroxylation is 1. The second kappa shape index (κ2) is 3.49. The number of allylic oxidation sites excluding steroid dienone is 3. The Morgan fingerprint density at radius 3 is 2.82 bits per heavy atom. The monoisotopic (exact) mass is 165 g/mol. The second-order valence-corrected chi connectivity index (χ2v) is 3.10. The first-order valence-electron chi connectivity index (χ1n) is 3.49. The Morgan fingerprint density at radius 1 is 1.73 bits per heavy atom. The van der Waals surface area contributed by atoms with Gasteiger partial charge in [0.05, 0.1) is 0 Å². The van der Waals surface area contributed by atoms with Gasteiger partial charge in [0.2, 0.25) is 0 Å². The molecule has 11 heavy (non-hydrogen) atoms. The molecule has 0 N–H and O–H groups in total. The quantitative estimate of drug-likeness (QED) is 0.614. The lowest BCUT2D eigenvalue weighted by Crippen LogP contribution is -1.77. The number of hydrogen-bond donors (Lipinski definition) is 0. The lowest BCUT2D eigenvalue weighted by Gasteiger charge is -1.91. The minimum Gasteiger partial charge on any atom is -0.241 e. The van der Waals surface area contributed by atoms with Gasteiger partial charge in [-0.1, -0.05) is 18.7 Å². The molecule has 0 aliphatic carbocycles. The van der Waals surface area contributed by atoms with Crippen LogP contribution in [0.5, 0.6) is 0 Å². The molecule has 0 saturated carbocycles. The van der Waals surface area contributed by atoms with E-state index in [0.29, 0.717) is 0 Å². The van der Waals surface area contributed by atoms with Gasteiger partial charge in [-0.3, -0.25) is 0 Å². The summed E-state index contributed by atoms with van der Waals surface area (Å²) in [6.45, 7) is 7.71. The molecule has 1 nitrogen and oxygen atoms in total. The van der Waals surface area contributed by atoms with Crippen LogP contribution in [-0.4, -0.2) is 4.98 Å². The predicted molar refractivity (Wildman–Crippen MR) is 50.7 cm³/mol. The Labute approximate surface area is 71.1 Å². The van der Waals surface area contributed by atoms with E-state index >= 15 is 0 Å². The third-order valence-corrected chi connectivity index (χ3v) is 2.41. The van der Waals surface area contributed by atoms with Gasteiger partial charge in [0, 0.05) is 16.6 Å². The molecular formula is C9H11NS. The summed E-state index contributed by atoms with van der Waals surface area (Å²) in [4.78, 5) is 4.33. The zero-order valence-corrected chi connectivity index (χ0v) is 7.61. The third-order valence-electron chi connectivity index (χ3n) is 1.40. The highest BCUT2D eigenvalue weighted by atomic mass is 32.1. The van der Waals surface area contributed by atoms with Crippen LogP contribution in [0.1, 0.15) is 17.6 Å². The van der Waals surface area contributed by atoms with E-state index in [0.717, 1.165) is 16.3 Å². The molecule has 0 spiro atoms. The Bertz CT molecular complexity index is 284. The minimum atomic E-state index is 1.06. The number of aromatic nitrogens is 1. The van der Waals surface area contributed by atoms with Gasteiger partial charge in [-0.15, -0.1) is 11.3 Å². The van der Waals surface area contributed by atoms with Crippen LogP contribution in [0.3, 0.4) is 0 Å². The highest BCUT2D eigenvalue weighted by molar-refractivity contribution is 7.10. The molecule has 0 radical (unpaired) electrons. The van der Waals surface area contributed by atoms with E-state index in [1.807, 2.05) is 31.4 Å². The van der Waals surface area contributed by atoms with E-state index in [4.69, 9.17) is 0 Å². The standard InChI is InChI=1S/C9H11NS/c1-4-8(5-2)9-10-7(3)6-11-9/h4-6H,1H2,2-3H3. The van der Waals surface area contributed by atoms with Crippen LogP contribution in [0.2, 0.25) is 0 Å². The molecular weight excluding hydrogens is 154 g/mol. The van der Waals surface area contributed by atoms with E-state index < -0.39 is 0 Å². The van der Waals surface area contributed by atoms with Crippen molar-refractivity contribution in [3.63, 3.8) is 0 Å². The molecule has 0 saturated heterocycles. The van der Waals surface area contributed by atoms with Crippen LogP contribution in [0.25, 0.3) is 5.57 Å². The molecule has 1 rings (SSSR count). The van der Waals surface area contributed by atoms with Gasteiger partial charge in [0.1, 0.15) is 5.01 Å². The van der Waals surface area contributed by atoms with Crippen LogP contribution < -0.4 is 0 Å². The summed E-state index contributed by atoms with van der Waals surface area (Å²) in [7, 11) is 0. The molecule has 0 bridgehead atoms. The van der Waals surface area contributed by atoms with E-state index in [2.05, 4.69) is 11.6 Å². The molecule has 2 heteroatoms. The number of thiazole rings is 1. The molecule has 0 atom stereocenters. The first kappa shape index (κ1) is 8.21. The maximum atomic E-state index is 4.33. The van der Waals surface area contributed by atoms with Crippen molar-refractivity contribution in [2.45, 2.75) is 13.8 Å². The number of rotatable bonds is 2. The van der Waals surface area contributed by atoms with E-state index in [1.54, 1.807) is 11.3 Å². The minimum absolute atomic E-state index is 1.06. The van der Waals surface area contributed by atoms with Crippen molar-refractivity contribution < 1.29 is 0 Å². The summed E-state index contributed by atoms with van der Waals surface area (Å²) >= 11 is 1.66. The number of nitrogens with zero attached hydrogens (tertiary/aromatic N) is 1. The average Bonchev–Trinajstić information content (AvgIpc) is 2.39. The van der Waals surface area contributed by atoms with Crippen molar-refractivity contribution in [2.24, 2.45) is 0 Å². The van der Waals surface area contributed by atoms with Crippen LogP contribution in [0, 0.1) is 6.92 Å². The van der Waals surface area contributed by atoms with E-state index in [1.165, 1.54) is 0 Å². The SMILES string of the molecule is C=CC(=CC)c1nc(C)cs1. The van der Waals surface area contributed by atoms with Crippen LogP contribution in [0.4, 0.5) is 0 Å². The van der Waals surface area contributed by atoms with Gasteiger partial charge >= 0.3 is 0 Å². The van der Waals surface area contributed by atoms with E-state index in [-0.39, 0.29) is 0 Å². The van der Waals surface area contributed by atoms with Crippen molar-refractivity contribution in [3.8, 4) is 0 Å². The van der Waals surface area contributed by atoms with Gasteiger partial charge in [0.15, 0.2) is 0 Å². The molecule has 58 valence electrons. The van der Waals surface area contributed by atoms with Crippen molar-refractivity contribution in [3.05, 3.63) is 34.8 Å². The summed E-state index contributed by atoms with van der Waals surface area (Å²) in [5.41, 5.74) is 2.19. The Kier molecular flexibility index (Phi) is 2.60. The van der Waals surface area contributed by atoms with Crippen LogP contribution in [-0.2, 0) is 0 Å². The fourth-order valence-corrected chi connectivity index (χ4v) is 1.68. The third kappa shape index (κ3) is 1.77. The van der Waals surface area contributed by atoms with Crippen molar-refractivity contribution >= 4 is 16.9 Å². The Morgan fingerprint density at radius 2 is 2.45 bits per heavy atom. The van der Waals surface area contributed by atoms with Crippen LogP contribution in [0.15, 0.2) is 24.1 Å². The molecule has 0 aliphatic heterocycles. The topological polar surface area (TPSA) is 12.9 Å². The Balaban J connectivity index is 3.00. The lowest BCUT2D eigenvalue weighted by molar-refractivity contribution is 1.24. The molecule has 0 aliphatic rings. The molecule has 0 aromatic carbocycles. The molecule has 1 heterocycles. The van der Waals surface area contributed by atoms with Gasteiger partial charge in [-0.05, 0) is 13.8 Å². The van der Waals surface area contributed by atoms with Gasteiger partial charge in [-0.2, -0.15) is 0 Å². The van der Waals surface area contributed by atoms with E-state index in [9.17, 15) is 0 Å². The second-order valence-electron chi connectivity index (χ2n) is 2.24. The zero-order valence-electron chi connectivity index (χ0n) is 6.79. The summed E-state index contributed by atoms with van der Waals surface area (Å²) in [5, 5.41) is 3.10. The van der Waals surface area contributed by atoms with Gasteiger partial charge in [-0.25, -0.2) is 4.98 Å². The largest absolute Gasteiger partial charge is 0.241 e. The molecule has 1 aromatic heterocycles. The fraction of sp³-hybridized carbons (Fsp3) is 0.222. The summed E-state index contributed by atoms with van der Waals surface area (Å²) < 4.78 is 0. The molecule has 0 unspecified atom stereocenters. The highest BCUT2D eigenvalue weighted by Gasteiger charge is 1.99. The maximum absolute atomic E-state index is 4.33. The first-order chi connectivity index (χ1) is 5.27. The van der Waals surface area contributed by atoms with Gasteiger partial charge in [0.25, 0.3) is 0 Å². The Hall–Kier alpha value is -0.890. The lowest BCUT2D eigenvalue weighted by atomic mass is 10.3. The first-order valence-corrected chi connectivity index (χ1v) is 4.37.